The fourth-order valence-corrected chi connectivity index (χ4v) is 6.55. The Morgan fingerprint density at radius 2 is 2.08 bits per heavy atom. The van der Waals surface area contributed by atoms with E-state index in [1.54, 1.807) is 6.08 Å². The van der Waals surface area contributed by atoms with Crippen LogP contribution < -0.4 is 0 Å². The second kappa shape index (κ2) is 5.82. The maximum atomic E-state index is 11.8. The number of esters is 1. The zero-order valence-electron chi connectivity index (χ0n) is 15.7. The predicted molar refractivity (Wildman–Crippen MR) is 96.8 cm³/mol. The summed E-state index contributed by atoms with van der Waals surface area (Å²) >= 11 is 0. The Bertz CT molecular complexity index is 660. The molecule has 0 radical (unpaired) electrons. The van der Waals surface area contributed by atoms with Gasteiger partial charge in [-0.2, -0.15) is 0 Å². The van der Waals surface area contributed by atoms with E-state index in [2.05, 4.69) is 19.9 Å². The van der Waals surface area contributed by atoms with E-state index in [-0.39, 0.29) is 23.3 Å². The smallest absolute Gasteiger partial charge is 0.305 e. The standard InChI is InChI=1S/C22H30O3/c1-4-20(24)25-16-12-19-17-6-5-14-11-15(23)7-10-22(14,3)18(17)8-9-21(19,2)13-16/h7,10-11,16-19H,4-6,8-9,12-13H2,1-3H3. The topological polar surface area (TPSA) is 43.4 Å². The van der Waals surface area contributed by atoms with Crippen molar-refractivity contribution in [2.24, 2.45) is 28.6 Å². The summed E-state index contributed by atoms with van der Waals surface area (Å²) in [4.78, 5) is 23.6. The molecule has 0 aromatic rings. The van der Waals surface area contributed by atoms with Crippen LogP contribution in [0.3, 0.4) is 0 Å². The number of hydrogen-bond acceptors (Lipinski definition) is 3. The minimum absolute atomic E-state index is 0.0519. The molecular formula is C22H30O3. The van der Waals surface area contributed by atoms with Gasteiger partial charge in [0.15, 0.2) is 5.78 Å². The molecule has 6 atom stereocenters. The summed E-state index contributed by atoms with van der Waals surface area (Å²) in [6, 6.07) is 0. The molecule has 4 rings (SSSR count). The molecule has 3 heteroatoms. The molecule has 0 saturated heterocycles. The second-order valence-electron chi connectivity index (χ2n) is 9.20. The highest BCUT2D eigenvalue weighted by Crippen LogP contribution is 2.64. The van der Waals surface area contributed by atoms with Crippen molar-refractivity contribution in [3.8, 4) is 0 Å². The van der Waals surface area contributed by atoms with Gasteiger partial charge < -0.3 is 4.74 Å². The van der Waals surface area contributed by atoms with Crippen LogP contribution in [0.15, 0.2) is 23.8 Å². The van der Waals surface area contributed by atoms with Crippen molar-refractivity contribution in [2.45, 2.75) is 71.8 Å². The van der Waals surface area contributed by atoms with E-state index in [0.717, 1.165) is 19.3 Å². The van der Waals surface area contributed by atoms with Gasteiger partial charge in [-0.25, -0.2) is 0 Å². The van der Waals surface area contributed by atoms with Crippen LogP contribution in [0.4, 0.5) is 0 Å². The van der Waals surface area contributed by atoms with Crippen LogP contribution in [0.1, 0.15) is 65.7 Å². The third-order valence-electron chi connectivity index (χ3n) is 7.87. The van der Waals surface area contributed by atoms with Gasteiger partial charge in [0.2, 0.25) is 0 Å². The van der Waals surface area contributed by atoms with Crippen LogP contribution in [-0.4, -0.2) is 17.9 Å². The molecule has 0 aromatic carbocycles. The van der Waals surface area contributed by atoms with Crippen molar-refractivity contribution in [3.63, 3.8) is 0 Å². The lowest BCUT2D eigenvalue weighted by Crippen LogP contribution is -2.48. The summed E-state index contributed by atoms with van der Waals surface area (Å²) in [5.41, 5.74) is 1.71. The maximum Gasteiger partial charge on any atom is 0.305 e. The molecule has 0 aliphatic heterocycles. The average Bonchev–Trinajstić information content (AvgIpc) is 2.91. The molecule has 25 heavy (non-hydrogen) atoms. The van der Waals surface area contributed by atoms with E-state index >= 15 is 0 Å². The van der Waals surface area contributed by atoms with Gasteiger partial charge in [0.25, 0.3) is 0 Å². The van der Waals surface area contributed by atoms with E-state index in [1.165, 1.54) is 24.8 Å². The van der Waals surface area contributed by atoms with Crippen molar-refractivity contribution < 1.29 is 14.3 Å². The molecule has 136 valence electrons. The first-order valence-electron chi connectivity index (χ1n) is 9.99. The third-order valence-corrected chi connectivity index (χ3v) is 7.87. The van der Waals surface area contributed by atoms with E-state index in [1.807, 2.05) is 13.0 Å². The number of carbonyl (C=O) groups is 2. The van der Waals surface area contributed by atoms with Crippen LogP contribution in [0, 0.1) is 28.6 Å². The van der Waals surface area contributed by atoms with Crippen LogP contribution >= 0.6 is 0 Å². The predicted octanol–water partition coefficient (Wildman–Crippen LogP) is 4.62. The normalized spacial score (nSPS) is 45.2. The fraction of sp³-hybridized carbons (Fsp3) is 0.727. The van der Waals surface area contributed by atoms with Crippen molar-refractivity contribution >= 4 is 11.8 Å². The van der Waals surface area contributed by atoms with E-state index in [0.29, 0.717) is 29.6 Å². The van der Waals surface area contributed by atoms with E-state index in [4.69, 9.17) is 4.74 Å². The number of fused-ring (bicyclic) bond motifs is 5. The molecule has 3 nitrogen and oxygen atoms in total. The lowest BCUT2D eigenvalue weighted by molar-refractivity contribution is -0.148. The van der Waals surface area contributed by atoms with Crippen molar-refractivity contribution in [1.29, 1.82) is 0 Å². The monoisotopic (exact) mass is 342 g/mol. The van der Waals surface area contributed by atoms with E-state index in [9.17, 15) is 9.59 Å². The van der Waals surface area contributed by atoms with Gasteiger partial charge >= 0.3 is 5.97 Å². The second-order valence-corrected chi connectivity index (χ2v) is 9.20. The Kier molecular flexibility index (Phi) is 3.97. The molecule has 0 aromatic heterocycles. The molecule has 0 heterocycles. The van der Waals surface area contributed by atoms with Gasteiger partial charge in [-0.1, -0.05) is 32.4 Å². The zero-order chi connectivity index (χ0) is 17.8. The lowest BCUT2D eigenvalue weighted by Gasteiger charge is -2.56. The molecular weight excluding hydrogens is 312 g/mol. The highest BCUT2D eigenvalue weighted by molar-refractivity contribution is 6.01. The molecule has 4 aliphatic rings. The Morgan fingerprint density at radius 1 is 1.28 bits per heavy atom. The molecule has 0 amide bonds. The Balaban J connectivity index is 1.58. The quantitative estimate of drug-likeness (QED) is 0.688. The first-order chi connectivity index (χ1) is 11.9. The molecule has 6 unspecified atom stereocenters. The number of carbonyl (C=O) groups excluding carboxylic acids is 2. The van der Waals surface area contributed by atoms with Crippen molar-refractivity contribution in [1.82, 2.24) is 0 Å². The molecule has 0 spiro atoms. The zero-order valence-corrected chi connectivity index (χ0v) is 15.7. The largest absolute Gasteiger partial charge is 0.462 e. The SMILES string of the molecule is CCC(=O)OC1CC2C3CCC4=CC(=O)C=CC4(C)C3CCC2(C)C1. The van der Waals surface area contributed by atoms with Crippen LogP contribution in [0.25, 0.3) is 0 Å². The minimum Gasteiger partial charge on any atom is -0.462 e. The fourth-order valence-electron chi connectivity index (χ4n) is 6.55. The van der Waals surface area contributed by atoms with Gasteiger partial charge in [-0.05, 0) is 73.8 Å². The third kappa shape index (κ3) is 2.62. The number of hydrogen-bond donors (Lipinski definition) is 0. The minimum atomic E-state index is -0.0571. The van der Waals surface area contributed by atoms with Crippen LogP contribution in [0.2, 0.25) is 0 Å². The lowest BCUT2D eigenvalue weighted by atomic mass is 9.48. The van der Waals surface area contributed by atoms with Crippen molar-refractivity contribution in [2.75, 3.05) is 0 Å². The summed E-state index contributed by atoms with van der Waals surface area (Å²) in [7, 11) is 0. The van der Waals surface area contributed by atoms with Gasteiger partial charge in [0.05, 0.1) is 0 Å². The van der Waals surface area contributed by atoms with Gasteiger partial charge in [-0.15, -0.1) is 0 Å². The van der Waals surface area contributed by atoms with Crippen LogP contribution in [-0.2, 0) is 14.3 Å². The number of ketones is 1. The Hall–Kier alpha value is -1.38. The Labute approximate surface area is 150 Å². The molecule has 4 aliphatic carbocycles. The number of ether oxygens (including phenoxy) is 1. The Morgan fingerprint density at radius 3 is 2.84 bits per heavy atom. The molecule has 3 saturated carbocycles. The highest BCUT2D eigenvalue weighted by Gasteiger charge is 2.57. The van der Waals surface area contributed by atoms with Crippen LogP contribution in [0.5, 0.6) is 0 Å². The molecule has 3 fully saturated rings. The first kappa shape index (κ1) is 17.1. The van der Waals surface area contributed by atoms with Crippen molar-refractivity contribution in [3.05, 3.63) is 23.8 Å². The van der Waals surface area contributed by atoms with Gasteiger partial charge in [-0.3, -0.25) is 9.59 Å². The average molecular weight is 342 g/mol. The highest BCUT2D eigenvalue weighted by atomic mass is 16.5. The summed E-state index contributed by atoms with van der Waals surface area (Å²) in [6.07, 6.45) is 13.1. The first-order valence-corrected chi connectivity index (χ1v) is 9.99. The summed E-state index contributed by atoms with van der Waals surface area (Å²) in [5, 5.41) is 0. The summed E-state index contributed by atoms with van der Waals surface area (Å²) < 4.78 is 5.73. The maximum absolute atomic E-state index is 11.8. The van der Waals surface area contributed by atoms with E-state index < -0.39 is 0 Å². The molecule has 0 bridgehead atoms. The summed E-state index contributed by atoms with van der Waals surface area (Å²) in [5.74, 6) is 2.04. The number of allylic oxidation sites excluding steroid dienone is 4. The van der Waals surface area contributed by atoms with Gasteiger partial charge in [0.1, 0.15) is 6.10 Å². The summed E-state index contributed by atoms with van der Waals surface area (Å²) in [6.45, 7) is 6.63. The van der Waals surface area contributed by atoms with Gasteiger partial charge in [0, 0.05) is 11.8 Å². The molecule has 0 N–H and O–H groups in total. The number of rotatable bonds is 2.